The second-order valence-electron chi connectivity index (χ2n) is 5.03. The summed E-state index contributed by atoms with van der Waals surface area (Å²) in [5.74, 6) is 1.18. The number of nitrogens with zero attached hydrogens (tertiary/aromatic N) is 2. The van der Waals surface area contributed by atoms with Crippen molar-refractivity contribution in [2.24, 2.45) is 0 Å². The molecule has 0 saturated carbocycles. The molecule has 0 aromatic carbocycles. The number of hydrogen-bond acceptors (Lipinski definition) is 3. The van der Waals surface area contributed by atoms with Gasteiger partial charge in [-0.25, -0.2) is 4.98 Å². The van der Waals surface area contributed by atoms with Gasteiger partial charge in [0.2, 0.25) is 0 Å². The Labute approximate surface area is 110 Å². The van der Waals surface area contributed by atoms with Crippen LogP contribution >= 0.6 is 0 Å². The molecule has 1 aliphatic rings. The van der Waals surface area contributed by atoms with Gasteiger partial charge in [0.15, 0.2) is 0 Å². The maximum atomic E-state index is 5.68. The molecule has 1 aliphatic heterocycles. The van der Waals surface area contributed by atoms with Gasteiger partial charge in [-0.2, -0.15) is 0 Å². The first kappa shape index (κ1) is 13.6. The number of rotatable bonds is 7. The van der Waals surface area contributed by atoms with E-state index in [9.17, 15) is 0 Å². The summed E-state index contributed by atoms with van der Waals surface area (Å²) >= 11 is 0. The van der Waals surface area contributed by atoms with Gasteiger partial charge in [-0.3, -0.25) is 0 Å². The molecule has 2 rings (SSSR count). The van der Waals surface area contributed by atoms with E-state index < -0.39 is 0 Å². The summed E-state index contributed by atoms with van der Waals surface area (Å²) in [7, 11) is 2.04. The third-order valence-electron chi connectivity index (χ3n) is 3.84. The van der Waals surface area contributed by atoms with Crippen molar-refractivity contribution in [3.8, 4) is 0 Å². The van der Waals surface area contributed by atoms with Gasteiger partial charge < -0.3 is 14.6 Å². The Balaban J connectivity index is 1.81. The minimum Gasteiger partial charge on any atom is -0.378 e. The number of nitrogens with one attached hydrogen (secondary N) is 1. The van der Waals surface area contributed by atoms with E-state index in [2.05, 4.69) is 28.0 Å². The van der Waals surface area contributed by atoms with Gasteiger partial charge in [0.25, 0.3) is 0 Å². The van der Waals surface area contributed by atoms with Crippen LogP contribution < -0.4 is 5.32 Å². The van der Waals surface area contributed by atoms with Crippen LogP contribution in [0.4, 0.5) is 0 Å². The number of hydrogen-bond donors (Lipinski definition) is 1. The monoisotopic (exact) mass is 251 g/mol. The Morgan fingerprint density at radius 1 is 1.61 bits per heavy atom. The molecule has 102 valence electrons. The van der Waals surface area contributed by atoms with Crippen LogP contribution in [0.3, 0.4) is 0 Å². The molecule has 1 saturated heterocycles. The van der Waals surface area contributed by atoms with Gasteiger partial charge in [0.05, 0.1) is 6.10 Å². The smallest absolute Gasteiger partial charge is 0.110 e. The van der Waals surface area contributed by atoms with Crippen LogP contribution in [0.15, 0.2) is 12.4 Å². The topological polar surface area (TPSA) is 39.1 Å². The Kier molecular flexibility index (Phi) is 5.20. The van der Waals surface area contributed by atoms with E-state index in [0.29, 0.717) is 12.1 Å². The largest absolute Gasteiger partial charge is 0.378 e. The average Bonchev–Trinajstić information content (AvgIpc) is 3.05. The average molecular weight is 251 g/mol. The molecule has 0 amide bonds. The van der Waals surface area contributed by atoms with Crippen LogP contribution in [0, 0.1) is 0 Å². The molecule has 1 aromatic rings. The van der Waals surface area contributed by atoms with E-state index in [-0.39, 0.29) is 0 Å². The highest BCUT2D eigenvalue weighted by molar-refractivity contribution is 4.95. The highest BCUT2D eigenvalue weighted by atomic mass is 16.5. The number of aromatic nitrogens is 2. The van der Waals surface area contributed by atoms with Gasteiger partial charge in [0, 0.05) is 38.0 Å². The Bertz CT molecular complexity index is 345. The molecule has 2 heterocycles. The van der Waals surface area contributed by atoms with Crippen molar-refractivity contribution >= 4 is 0 Å². The van der Waals surface area contributed by atoms with E-state index in [0.717, 1.165) is 26.0 Å². The number of imidazole rings is 1. The molecule has 0 bridgehead atoms. The summed E-state index contributed by atoms with van der Waals surface area (Å²) in [6.45, 7) is 4.11. The van der Waals surface area contributed by atoms with Crippen molar-refractivity contribution in [3.63, 3.8) is 0 Å². The standard InChI is InChI=1S/C14H25N3O/c1-3-17-9-8-16-14(17)11-12(15-2)6-7-13-5-4-10-18-13/h8-9,12-13,15H,3-7,10-11H2,1-2H3. The summed E-state index contributed by atoms with van der Waals surface area (Å²) in [5.41, 5.74) is 0. The molecule has 1 N–H and O–H groups in total. The maximum Gasteiger partial charge on any atom is 0.110 e. The van der Waals surface area contributed by atoms with E-state index in [1.54, 1.807) is 0 Å². The second-order valence-corrected chi connectivity index (χ2v) is 5.03. The van der Waals surface area contributed by atoms with Crippen molar-refractivity contribution in [1.29, 1.82) is 0 Å². The highest BCUT2D eigenvalue weighted by Crippen LogP contribution is 2.18. The molecule has 0 aliphatic carbocycles. The molecule has 2 unspecified atom stereocenters. The third-order valence-corrected chi connectivity index (χ3v) is 3.84. The number of likely N-dealkylation sites (N-methyl/N-ethyl adjacent to an activating group) is 1. The van der Waals surface area contributed by atoms with Crippen LogP contribution in [0.2, 0.25) is 0 Å². The first-order chi connectivity index (χ1) is 8.83. The van der Waals surface area contributed by atoms with Gasteiger partial charge in [0.1, 0.15) is 5.82 Å². The molecular formula is C14H25N3O. The van der Waals surface area contributed by atoms with E-state index in [4.69, 9.17) is 4.74 Å². The zero-order valence-corrected chi connectivity index (χ0v) is 11.6. The molecule has 4 heteroatoms. The summed E-state index contributed by atoms with van der Waals surface area (Å²) < 4.78 is 7.90. The Hall–Kier alpha value is -0.870. The quantitative estimate of drug-likeness (QED) is 0.805. The zero-order chi connectivity index (χ0) is 12.8. The first-order valence-electron chi connectivity index (χ1n) is 7.12. The van der Waals surface area contributed by atoms with Crippen LogP contribution in [0.5, 0.6) is 0 Å². The summed E-state index contributed by atoms with van der Waals surface area (Å²) in [6, 6.07) is 0.502. The molecular weight excluding hydrogens is 226 g/mol. The van der Waals surface area contributed by atoms with Gasteiger partial charge >= 0.3 is 0 Å². The lowest BCUT2D eigenvalue weighted by Gasteiger charge is -2.18. The molecule has 0 radical (unpaired) electrons. The van der Waals surface area contributed by atoms with E-state index in [1.165, 1.54) is 25.1 Å². The molecule has 1 aromatic heterocycles. The second kappa shape index (κ2) is 6.90. The van der Waals surface area contributed by atoms with Crippen molar-refractivity contribution < 1.29 is 4.74 Å². The minimum atomic E-state index is 0.492. The van der Waals surface area contributed by atoms with Crippen molar-refractivity contribution in [2.45, 2.75) is 57.7 Å². The molecule has 1 fully saturated rings. The zero-order valence-electron chi connectivity index (χ0n) is 11.6. The van der Waals surface area contributed by atoms with Crippen molar-refractivity contribution in [3.05, 3.63) is 18.2 Å². The predicted octanol–water partition coefficient (Wildman–Crippen LogP) is 1.99. The van der Waals surface area contributed by atoms with Gasteiger partial charge in [-0.15, -0.1) is 0 Å². The molecule has 2 atom stereocenters. The highest BCUT2D eigenvalue weighted by Gasteiger charge is 2.18. The SMILES string of the molecule is CCn1ccnc1CC(CCC1CCCO1)NC. The van der Waals surface area contributed by atoms with Crippen LogP contribution in [0.25, 0.3) is 0 Å². The molecule has 0 spiro atoms. The fraction of sp³-hybridized carbons (Fsp3) is 0.786. The van der Waals surface area contributed by atoms with Crippen LogP contribution in [-0.4, -0.2) is 35.4 Å². The fourth-order valence-electron chi connectivity index (χ4n) is 2.65. The maximum absolute atomic E-state index is 5.68. The fourth-order valence-corrected chi connectivity index (χ4v) is 2.65. The van der Waals surface area contributed by atoms with E-state index in [1.807, 2.05) is 13.2 Å². The number of aryl methyl sites for hydroxylation is 1. The lowest BCUT2D eigenvalue weighted by atomic mass is 10.0. The normalized spacial score (nSPS) is 21.3. The summed E-state index contributed by atoms with van der Waals surface area (Å²) in [5, 5.41) is 3.41. The van der Waals surface area contributed by atoms with E-state index >= 15 is 0 Å². The van der Waals surface area contributed by atoms with Gasteiger partial charge in [-0.05, 0) is 39.7 Å². The Morgan fingerprint density at radius 2 is 2.50 bits per heavy atom. The molecule has 4 nitrogen and oxygen atoms in total. The third kappa shape index (κ3) is 3.56. The van der Waals surface area contributed by atoms with Crippen molar-refractivity contribution in [1.82, 2.24) is 14.9 Å². The summed E-state index contributed by atoms with van der Waals surface area (Å²) in [6.07, 6.45) is 10.2. The summed E-state index contributed by atoms with van der Waals surface area (Å²) in [4.78, 5) is 4.45. The minimum absolute atomic E-state index is 0.492. The van der Waals surface area contributed by atoms with Crippen molar-refractivity contribution in [2.75, 3.05) is 13.7 Å². The lowest BCUT2D eigenvalue weighted by Crippen LogP contribution is -2.30. The predicted molar refractivity (Wildman–Crippen MR) is 72.7 cm³/mol. The van der Waals surface area contributed by atoms with Crippen LogP contribution in [-0.2, 0) is 17.7 Å². The first-order valence-corrected chi connectivity index (χ1v) is 7.12. The lowest BCUT2D eigenvalue weighted by molar-refractivity contribution is 0.0997. The number of ether oxygens (including phenoxy) is 1. The molecule has 18 heavy (non-hydrogen) atoms. The van der Waals surface area contributed by atoms with Crippen LogP contribution in [0.1, 0.15) is 38.4 Å². The van der Waals surface area contributed by atoms with Gasteiger partial charge in [-0.1, -0.05) is 0 Å². The Morgan fingerprint density at radius 3 is 3.17 bits per heavy atom.